The Morgan fingerprint density at radius 1 is 1.28 bits per heavy atom. The number of alkyl halides is 3. The molecule has 5 nitrogen and oxygen atoms in total. The van der Waals surface area contributed by atoms with Gasteiger partial charge in [-0.1, -0.05) is 0 Å². The molecule has 0 unspecified atom stereocenters. The summed E-state index contributed by atoms with van der Waals surface area (Å²) < 4.78 is 57.7. The van der Waals surface area contributed by atoms with Crippen molar-refractivity contribution in [2.24, 2.45) is 5.14 Å². The first kappa shape index (κ1) is 14.6. The van der Waals surface area contributed by atoms with E-state index in [1.165, 1.54) is 12.1 Å². The Kier molecular flexibility index (Phi) is 4.07. The maximum Gasteiger partial charge on any atom is 0.390 e. The van der Waals surface area contributed by atoms with Gasteiger partial charge in [-0.25, -0.2) is 13.6 Å². The molecule has 9 heteroatoms. The molecule has 0 atom stereocenters. The van der Waals surface area contributed by atoms with Gasteiger partial charge in [0.25, 0.3) is 0 Å². The van der Waals surface area contributed by atoms with Crippen LogP contribution in [0.1, 0.15) is 6.42 Å². The van der Waals surface area contributed by atoms with E-state index in [-0.39, 0.29) is 22.8 Å². The van der Waals surface area contributed by atoms with Crippen molar-refractivity contribution in [1.82, 2.24) is 0 Å². The van der Waals surface area contributed by atoms with E-state index in [4.69, 9.17) is 10.9 Å². The number of halogens is 3. The van der Waals surface area contributed by atoms with E-state index in [2.05, 4.69) is 5.32 Å². The third kappa shape index (κ3) is 4.41. The zero-order chi connectivity index (χ0) is 14.0. The standard InChI is InChI=1S/C9H12F3N3O2S/c10-9(11,12)3-4-15-8-2-1-6(5-7(8)13)18(14,16)17/h1-2,5,15H,3-4,13H2,(H2,14,16,17). The Hall–Kier alpha value is -1.48. The van der Waals surface area contributed by atoms with Crippen molar-refractivity contribution in [3.8, 4) is 0 Å². The Bertz CT molecular complexity index is 528. The van der Waals surface area contributed by atoms with Gasteiger partial charge in [-0.3, -0.25) is 0 Å². The lowest BCUT2D eigenvalue weighted by atomic mass is 10.2. The molecule has 0 fully saturated rings. The molecule has 0 bridgehead atoms. The van der Waals surface area contributed by atoms with Crippen molar-refractivity contribution >= 4 is 21.4 Å². The van der Waals surface area contributed by atoms with E-state index < -0.39 is 22.6 Å². The van der Waals surface area contributed by atoms with Gasteiger partial charge in [0.1, 0.15) is 0 Å². The number of benzene rings is 1. The van der Waals surface area contributed by atoms with Crippen LogP contribution in [0.4, 0.5) is 24.5 Å². The lowest BCUT2D eigenvalue weighted by Gasteiger charge is -2.11. The van der Waals surface area contributed by atoms with E-state index in [9.17, 15) is 21.6 Å². The van der Waals surface area contributed by atoms with Gasteiger partial charge in [-0.05, 0) is 18.2 Å². The molecule has 0 aliphatic rings. The van der Waals surface area contributed by atoms with Crippen LogP contribution in [0, 0.1) is 0 Å². The largest absolute Gasteiger partial charge is 0.397 e. The van der Waals surface area contributed by atoms with E-state index in [0.29, 0.717) is 0 Å². The number of nitrogens with one attached hydrogen (secondary N) is 1. The Morgan fingerprint density at radius 2 is 1.89 bits per heavy atom. The van der Waals surface area contributed by atoms with Crippen LogP contribution in [0.5, 0.6) is 0 Å². The highest BCUT2D eigenvalue weighted by molar-refractivity contribution is 7.89. The first-order valence-electron chi connectivity index (χ1n) is 4.82. The molecule has 102 valence electrons. The van der Waals surface area contributed by atoms with Crippen molar-refractivity contribution in [3.63, 3.8) is 0 Å². The van der Waals surface area contributed by atoms with Crippen LogP contribution in [0.3, 0.4) is 0 Å². The molecule has 0 radical (unpaired) electrons. The first-order valence-corrected chi connectivity index (χ1v) is 6.37. The summed E-state index contributed by atoms with van der Waals surface area (Å²) in [5, 5.41) is 7.35. The Morgan fingerprint density at radius 3 is 2.33 bits per heavy atom. The minimum Gasteiger partial charge on any atom is -0.397 e. The number of hydrogen-bond acceptors (Lipinski definition) is 4. The van der Waals surface area contributed by atoms with Gasteiger partial charge in [0.15, 0.2) is 0 Å². The fourth-order valence-corrected chi connectivity index (χ4v) is 1.77. The molecule has 0 aliphatic heterocycles. The van der Waals surface area contributed by atoms with Gasteiger partial charge >= 0.3 is 6.18 Å². The second-order valence-corrected chi connectivity index (χ2v) is 5.15. The molecule has 0 heterocycles. The van der Waals surface area contributed by atoms with Crippen molar-refractivity contribution < 1.29 is 21.6 Å². The molecule has 1 aromatic rings. The fraction of sp³-hybridized carbons (Fsp3) is 0.333. The average Bonchev–Trinajstić information content (AvgIpc) is 2.17. The van der Waals surface area contributed by atoms with Gasteiger partial charge in [-0.15, -0.1) is 0 Å². The molecule has 0 saturated carbocycles. The topological polar surface area (TPSA) is 98.2 Å². The Balaban J connectivity index is 2.75. The first-order chi connectivity index (χ1) is 8.09. The third-order valence-electron chi connectivity index (χ3n) is 2.08. The number of anilines is 2. The van der Waals surface area contributed by atoms with Crippen LogP contribution in [0.15, 0.2) is 23.1 Å². The zero-order valence-electron chi connectivity index (χ0n) is 9.16. The highest BCUT2D eigenvalue weighted by atomic mass is 32.2. The number of nitrogens with two attached hydrogens (primary N) is 2. The summed E-state index contributed by atoms with van der Waals surface area (Å²) in [7, 11) is -3.87. The van der Waals surface area contributed by atoms with Crippen LogP contribution in [-0.2, 0) is 10.0 Å². The molecule has 0 amide bonds. The molecule has 18 heavy (non-hydrogen) atoms. The molecule has 0 aromatic heterocycles. The normalized spacial score (nSPS) is 12.4. The van der Waals surface area contributed by atoms with Gasteiger partial charge in [-0.2, -0.15) is 13.2 Å². The minimum absolute atomic E-state index is 0.0173. The smallest absolute Gasteiger partial charge is 0.390 e. The van der Waals surface area contributed by atoms with Crippen LogP contribution >= 0.6 is 0 Å². The fourth-order valence-electron chi connectivity index (χ4n) is 1.22. The van der Waals surface area contributed by atoms with Crippen LogP contribution in [-0.4, -0.2) is 21.1 Å². The molecule has 1 rings (SSSR count). The molecular formula is C9H12F3N3O2S. The monoisotopic (exact) mass is 283 g/mol. The van der Waals surface area contributed by atoms with E-state index >= 15 is 0 Å². The predicted molar refractivity (Wildman–Crippen MR) is 61.4 cm³/mol. The van der Waals surface area contributed by atoms with Crippen LogP contribution in [0.25, 0.3) is 0 Å². The van der Waals surface area contributed by atoms with Crippen molar-refractivity contribution in [2.45, 2.75) is 17.5 Å². The van der Waals surface area contributed by atoms with E-state index in [0.717, 1.165) is 6.07 Å². The molecule has 1 aromatic carbocycles. The quantitative estimate of drug-likeness (QED) is 0.725. The molecule has 0 spiro atoms. The third-order valence-corrected chi connectivity index (χ3v) is 2.99. The lowest BCUT2D eigenvalue weighted by molar-refractivity contribution is -0.131. The predicted octanol–water partition coefficient (Wildman–Crippen LogP) is 1.28. The zero-order valence-corrected chi connectivity index (χ0v) is 9.98. The van der Waals surface area contributed by atoms with Crippen molar-refractivity contribution in [1.29, 1.82) is 0 Å². The summed E-state index contributed by atoms with van der Waals surface area (Å²) in [5.74, 6) is 0. The number of rotatable bonds is 4. The summed E-state index contributed by atoms with van der Waals surface area (Å²) in [4.78, 5) is -0.193. The molecular weight excluding hydrogens is 271 g/mol. The summed E-state index contributed by atoms with van der Waals surface area (Å²) >= 11 is 0. The van der Waals surface area contributed by atoms with Gasteiger partial charge in [0, 0.05) is 6.54 Å². The van der Waals surface area contributed by atoms with Crippen molar-refractivity contribution in [2.75, 3.05) is 17.6 Å². The van der Waals surface area contributed by atoms with Gasteiger partial charge in [0.2, 0.25) is 10.0 Å². The molecule has 0 saturated heterocycles. The lowest BCUT2D eigenvalue weighted by Crippen LogP contribution is -2.16. The second-order valence-electron chi connectivity index (χ2n) is 3.59. The van der Waals surface area contributed by atoms with Crippen molar-refractivity contribution in [3.05, 3.63) is 18.2 Å². The summed E-state index contributed by atoms with van der Waals surface area (Å²) in [5.41, 5.74) is 5.75. The minimum atomic E-state index is -4.26. The van der Waals surface area contributed by atoms with Gasteiger partial charge in [0.05, 0.1) is 22.7 Å². The van der Waals surface area contributed by atoms with Crippen LogP contribution < -0.4 is 16.2 Å². The summed E-state index contributed by atoms with van der Waals surface area (Å²) in [6, 6.07) is 3.53. The van der Waals surface area contributed by atoms with Crippen LogP contribution in [0.2, 0.25) is 0 Å². The number of sulfonamides is 1. The summed E-state index contributed by atoms with van der Waals surface area (Å²) in [6.45, 7) is -0.345. The SMILES string of the molecule is Nc1cc(S(N)(=O)=O)ccc1NCCC(F)(F)F. The summed E-state index contributed by atoms with van der Waals surface area (Å²) in [6.07, 6.45) is -5.27. The maximum absolute atomic E-state index is 11.9. The number of primary sulfonamides is 1. The van der Waals surface area contributed by atoms with E-state index in [1.54, 1.807) is 0 Å². The average molecular weight is 283 g/mol. The molecule has 0 aliphatic carbocycles. The highest BCUT2D eigenvalue weighted by Gasteiger charge is 2.26. The second kappa shape index (κ2) is 5.02. The number of hydrogen-bond donors (Lipinski definition) is 3. The maximum atomic E-state index is 11.9. The highest BCUT2D eigenvalue weighted by Crippen LogP contribution is 2.24. The van der Waals surface area contributed by atoms with E-state index in [1.807, 2.05) is 0 Å². The number of nitrogen functional groups attached to an aromatic ring is 1. The molecule has 5 N–H and O–H groups in total. The van der Waals surface area contributed by atoms with Gasteiger partial charge < -0.3 is 11.1 Å². The Labute approximate surface area is 102 Å².